The first kappa shape index (κ1) is 13.9. The first-order valence-corrected chi connectivity index (χ1v) is 6.70. The van der Waals surface area contributed by atoms with E-state index in [1.165, 1.54) is 0 Å². The molecule has 0 amide bonds. The minimum absolute atomic E-state index is 0.410. The number of hydrogen-bond donors (Lipinski definition) is 1. The number of rotatable bonds is 4. The van der Waals surface area contributed by atoms with E-state index in [0.29, 0.717) is 6.42 Å². The van der Waals surface area contributed by atoms with E-state index in [9.17, 15) is 5.11 Å². The Morgan fingerprint density at radius 2 is 1.74 bits per heavy atom. The fraction of sp³-hybridized carbons (Fsp3) is 0.250. The van der Waals surface area contributed by atoms with Gasteiger partial charge < -0.3 is 9.84 Å². The summed E-state index contributed by atoms with van der Waals surface area (Å²) in [5.41, 5.74) is 1.89. The zero-order valence-electron chi connectivity index (χ0n) is 11.1. The van der Waals surface area contributed by atoms with Crippen molar-refractivity contribution in [3.63, 3.8) is 0 Å². The van der Waals surface area contributed by atoms with Crippen molar-refractivity contribution in [2.24, 2.45) is 0 Å². The van der Waals surface area contributed by atoms with Crippen molar-refractivity contribution in [2.75, 3.05) is 0 Å². The lowest BCUT2D eigenvalue weighted by atomic mass is 10.1. The van der Waals surface area contributed by atoms with Gasteiger partial charge in [-0.2, -0.15) is 0 Å². The lowest BCUT2D eigenvalue weighted by Gasteiger charge is -2.10. The Morgan fingerprint density at radius 1 is 1.11 bits per heavy atom. The third-order valence-corrected chi connectivity index (χ3v) is 3.44. The normalized spacial score (nSPS) is 12.2. The highest BCUT2D eigenvalue weighted by Crippen LogP contribution is 2.27. The van der Waals surface area contributed by atoms with Gasteiger partial charge in [0.1, 0.15) is 11.5 Å². The number of benzene rings is 2. The molecule has 0 aliphatic carbocycles. The highest BCUT2D eigenvalue weighted by Gasteiger charge is 2.05. The van der Waals surface area contributed by atoms with Gasteiger partial charge in [-0.3, -0.25) is 0 Å². The number of hydrogen-bond acceptors (Lipinski definition) is 2. The van der Waals surface area contributed by atoms with Gasteiger partial charge in [0.15, 0.2) is 0 Å². The SMILES string of the molecule is CC[C@@H](O)c1ccc(Oc2ccc(Cl)c(C)c2)cc1. The summed E-state index contributed by atoms with van der Waals surface area (Å²) in [5.74, 6) is 1.50. The maximum absolute atomic E-state index is 9.72. The molecular weight excluding hydrogens is 260 g/mol. The first-order valence-electron chi connectivity index (χ1n) is 6.32. The third-order valence-electron chi connectivity index (χ3n) is 3.02. The van der Waals surface area contributed by atoms with Crippen LogP contribution in [0.5, 0.6) is 11.5 Å². The van der Waals surface area contributed by atoms with Crippen molar-refractivity contribution in [1.82, 2.24) is 0 Å². The molecular formula is C16H17ClO2. The lowest BCUT2D eigenvalue weighted by Crippen LogP contribution is -1.94. The van der Waals surface area contributed by atoms with Crippen molar-refractivity contribution in [1.29, 1.82) is 0 Å². The number of halogens is 1. The van der Waals surface area contributed by atoms with Gasteiger partial charge in [-0.1, -0.05) is 30.7 Å². The highest BCUT2D eigenvalue weighted by atomic mass is 35.5. The van der Waals surface area contributed by atoms with Crippen LogP contribution in [0, 0.1) is 6.92 Å². The van der Waals surface area contributed by atoms with Crippen LogP contribution in [-0.2, 0) is 0 Å². The molecule has 2 aromatic rings. The molecule has 0 saturated heterocycles. The molecule has 0 bridgehead atoms. The fourth-order valence-electron chi connectivity index (χ4n) is 1.81. The van der Waals surface area contributed by atoms with Crippen molar-refractivity contribution in [3.8, 4) is 11.5 Å². The minimum Gasteiger partial charge on any atom is -0.457 e. The van der Waals surface area contributed by atoms with E-state index < -0.39 is 6.10 Å². The number of aliphatic hydroxyl groups is 1. The maximum atomic E-state index is 9.72. The first-order chi connectivity index (χ1) is 9.10. The second-order valence-corrected chi connectivity index (χ2v) is 4.91. The van der Waals surface area contributed by atoms with Gasteiger partial charge >= 0.3 is 0 Å². The van der Waals surface area contributed by atoms with Crippen LogP contribution in [0.4, 0.5) is 0 Å². The molecule has 0 saturated carbocycles. The molecule has 0 aromatic heterocycles. The Balaban J connectivity index is 2.12. The summed E-state index contributed by atoms with van der Waals surface area (Å²) < 4.78 is 5.74. The average molecular weight is 277 g/mol. The third kappa shape index (κ3) is 3.49. The summed E-state index contributed by atoms with van der Waals surface area (Å²) in [5, 5.41) is 10.5. The topological polar surface area (TPSA) is 29.5 Å². The van der Waals surface area contributed by atoms with E-state index >= 15 is 0 Å². The molecule has 100 valence electrons. The molecule has 0 heterocycles. The average Bonchev–Trinajstić information content (AvgIpc) is 2.43. The summed E-state index contributed by atoms with van der Waals surface area (Å²) in [6, 6.07) is 13.0. The van der Waals surface area contributed by atoms with Gasteiger partial charge in [-0.25, -0.2) is 0 Å². The molecule has 1 atom stereocenters. The quantitative estimate of drug-likeness (QED) is 0.862. The van der Waals surface area contributed by atoms with Crippen LogP contribution in [0.3, 0.4) is 0 Å². The maximum Gasteiger partial charge on any atom is 0.127 e. The van der Waals surface area contributed by atoms with Gasteiger partial charge in [0.25, 0.3) is 0 Å². The second-order valence-electron chi connectivity index (χ2n) is 4.51. The Kier molecular flexibility index (Phi) is 4.46. The van der Waals surface area contributed by atoms with Gasteiger partial charge in [0, 0.05) is 5.02 Å². The molecule has 3 heteroatoms. The van der Waals surface area contributed by atoms with Crippen LogP contribution >= 0.6 is 11.6 Å². The second kappa shape index (κ2) is 6.09. The smallest absolute Gasteiger partial charge is 0.127 e. The van der Waals surface area contributed by atoms with Crippen LogP contribution < -0.4 is 4.74 Å². The zero-order valence-corrected chi connectivity index (χ0v) is 11.8. The molecule has 19 heavy (non-hydrogen) atoms. The highest BCUT2D eigenvalue weighted by molar-refractivity contribution is 6.31. The molecule has 0 aliphatic rings. The van der Waals surface area contributed by atoms with Crippen molar-refractivity contribution >= 4 is 11.6 Å². The van der Waals surface area contributed by atoms with Crippen molar-refractivity contribution < 1.29 is 9.84 Å². The summed E-state index contributed by atoms with van der Waals surface area (Å²) in [7, 11) is 0. The van der Waals surface area contributed by atoms with E-state index in [4.69, 9.17) is 16.3 Å². The minimum atomic E-state index is -0.410. The van der Waals surface area contributed by atoms with Gasteiger partial charge in [0.05, 0.1) is 6.10 Å². The van der Waals surface area contributed by atoms with Crippen LogP contribution in [0.1, 0.15) is 30.6 Å². The van der Waals surface area contributed by atoms with Gasteiger partial charge in [-0.15, -0.1) is 0 Å². The Bertz CT molecular complexity index is 549. The van der Waals surface area contributed by atoms with E-state index in [2.05, 4.69) is 0 Å². The molecule has 2 nitrogen and oxygen atoms in total. The molecule has 1 N–H and O–H groups in total. The van der Waals surface area contributed by atoms with Crippen molar-refractivity contribution in [2.45, 2.75) is 26.4 Å². The molecule has 0 fully saturated rings. The number of ether oxygens (including phenoxy) is 1. The van der Waals surface area contributed by atoms with Gasteiger partial charge in [0.2, 0.25) is 0 Å². The summed E-state index contributed by atoms with van der Waals surface area (Å²) >= 11 is 5.97. The monoisotopic (exact) mass is 276 g/mol. The van der Waals surface area contributed by atoms with Crippen LogP contribution in [0.15, 0.2) is 42.5 Å². The summed E-state index contributed by atoms with van der Waals surface area (Å²) in [4.78, 5) is 0. The van der Waals surface area contributed by atoms with E-state index in [0.717, 1.165) is 27.6 Å². The predicted molar refractivity (Wildman–Crippen MR) is 78.0 cm³/mol. The molecule has 2 aromatic carbocycles. The van der Waals surface area contributed by atoms with Crippen LogP contribution in [0.25, 0.3) is 0 Å². The van der Waals surface area contributed by atoms with Crippen LogP contribution in [-0.4, -0.2) is 5.11 Å². The van der Waals surface area contributed by atoms with E-state index in [-0.39, 0.29) is 0 Å². The molecule has 0 spiro atoms. The van der Waals surface area contributed by atoms with E-state index in [1.54, 1.807) is 0 Å². The largest absolute Gasteiger partial charge is 0.457 e. The standard InChI is InChI=1S/C16H17ClO2/c1-3-16(18)12-4-6-13(7-5-12)19-14-8-9-15(17)11(2)10-14/h4-10,16,18H,3H2,1-2H3/t16-/m1/s1. The number of aliphatic hydroxyl groups excluding tert-OH is 1. The van der Waals surface area contributed by atoms with Crippen LogP contribution in [0.2, 0.25) is 5.02 Å². The Labute approximate surface area is 118 Å². The molecule has 0 aliphatic heterocycles. The van der Waals surface area contributed by atoms with Crippen molar-refractivity contribution in [3.05, 3.63) is 58.6 Å². The molecule has 0 radical (unpaired) electrons. The fourth-order valence-corrected chi connectivity index (χ4v) is 1.93. The molecule has 2 rings (SSSR count). The Hall–Kier alpha value is -1.51. The Morgan fingerprint density at radius 3 is 2.32 bits per heavy atom. The summed E-state index contributed by atoms with van der Waals surface area (Å²) in [6.07, 6.45) is 0.295. The van der Waals surface area contributed by atoms with E-state index in [1.807, 2.05) is 56.3 Å². The number of aryl methyl sites for hydroxylation is 1. The molecule has 0 unspecified atom stereocenters. The zero-order chi connectivity index (χ0) is 13.8. The lowest BCUT2D eigenvalue weighted by molar-refractivity contribution is 0.173. The summed E-state index contributed by atoms with van der Waals surface area (Å²) in [6.45, 7) is 3.89. The predicted octanol–water partition coefficient (Wildman–Crippen LogP) is 4.88. The van der Waals surface area contributed by atoms with Gasteiger partial charge in [-0.05, 0) is 54.8 Å².